The first kappa shape index (κ1) is 21.3. The molecular formula is C19H21F3N6O2. The van der Waals surface area contributed by atoms with Gasteiger partial charge in [0.15, 0.2) is 5.96 Å². The monoisotopic (exact) mass is 422 g/mol. The standard InChI is InChI=1S/C19H21F3N6O2/c1-10-15(22)16(30-3)26-19(25-10)28-7-6-24-18(23)27(2)17(29)13(9-28)12-5-4-11(20)8-14(12)21/h4-5,8,13H,6-7,9H2,1-3H3,(H2,23,24)/t13-/m1/s1. The predicted octanol–water partition coefficient (Wildman–Crippen LogP) is 1.59. The van der Waals surface area contributed by atoms with Gasteiger partial charge in [-0.25, -0.2) is 13.8 Å². The number of nitrogens with two attached hydrogens (primary N) is 1. The SMILES string of the molecule is COc1nc(N2CCN=C(N)N(C)C(=O)[C@@H](c3ccc(F)cc3F)C2)nc(C)c1F. The molecule has 0 spiro atoms. The molecular weight excluding hydrogens is 401 g/mol. The number of aryl methyl sites for hydroxylation is 1. The lowest BCUT2D eigenvalue weighted by atomic mass is 9.96. The number of halogens is 3. The topological polar surface area (TPSA) is 96.9 Å². The van der Waals surface area contributed by atoms with Gasteiger partial charge in [-0.05, 0) is 13.0 Å². The van der Waals surface area contributed by atoms with E-state index < -0.39 is 29.3 Å². The van der Waals surface area contributed by atoms with Gasteiger partial charge in [0.05, 0.1) is 25.3 Å². The molecule has 0 aliphatic carbocycles. The number of likely N-dealkylation sites (N-methyl/N-ethyl adjacent to an activating group) is 1. The van der Waals surface area contributed by atoms with Gasteiger partial charge in [-0.3, -0.25) is 14.7 Å². The average Bonchev–Trinajstić information content (AvgIpc) is 2.76. The molecule has 11 heteroatoms. The van der Waals surface area contributed by atoms with E-state index in [1.807, 2.05) is 0 Å². The Morgan fingerprint density at radius 2 is 1.97 bits per heavy atom. The molecule has 0 radical (unpaired) electrons. The molecule has 1 aliphatic rings. The van der Waals surface area contributed by atoms with Gasteiger partial charge >= 0.3 is 0 Å². The van der Waals surface area contributed by atoms with Crippen LogP contribution in [-0.2, 0) is 4.79 Å². The molecule has 1 aliphatic heterocycles. The quantitative estimate of drug-likeness (QED) is 0.807. The zero-order valence-electron chi connectivity index (χ0n) is 16.7. The second kappa shape index (κ2) is 8.56. The van der Waals surface area contributed by atoms with Crippen molar-refractivity contribution in [1.29, 1.82) is 0 Å². The molecule has 1 aromatic carbocycles. The van der Waals surface area contributed by atoms with E-state index >= 15 is 0 Å². The van der Waals surface area contributed by atoms with E-state index in [-0.39, 0.29) is 48.7 Å². The van der Waals surface area contributed by atoms with Gasteiger partial charge in [-0.15, -0.1) is 0 Å². The number of rotatable bonds is 3. The third kappa shape index (κ3) is 4.14. The fourth-order valence-corrected chi connectivity index (χ4v) is 3.12. The maximum atomic E-state index is 14.5. The van der Waals surface area contributed by atoms with Crippen molar-refractivity contribution in [2.75, 3.05) is 38.7 Å². The van der Waals surface area contributed by atoms with Crippen LogP contribution in [0.1, 0.15) is 17.2 Å². The smallest absolute Gasteiger partial charge is 0.255 e. The van der Waals surface area contributed by atoms with Gasteiger partial charge in [-0.1, -0.05) is 6.07 Å². The summed E-state index contributed by atoms with van der Waals surface area (Å²) in [5.74, 6) is -4.15. The normalized spacial score (nSPS) is 17.9. The first-order valence-corrected chi connectivity index (χ1v) is 9.08. The van der Waals surface area contributed by atoms with Crippen LogP contribution in [0.3, 0.4) is 0 Å². The second-order valence-electron chi connectivity index (χ2n) is 6.73. The Balaban J connectivity index is 2.09. The minimum atomic E-state index is -1.07. The Morgan fingerprint density at radius 1 is 1.23 bits per heavy atom. The van der Waals surface area contributed by atoms with E-state index in [1.165, 1.54) is 27.1 Å². The maximum Gasteiger partial charge on any atom is 0.255 e. The van der Waals surface area contributed by atoms with Gasteiger partial charge in [0.25, 0.3) is 5.88 Å². The minimum absolute atomic E-state index is 0.0150. The third-order valence-electron chi connectivity index (χ3n) is 4.81. The molecule has 0 bridgehead atoms. The van der Waals surface area contributed by atoms with Crippen molar-refractivity contribution in [3.05, 3.63) is 46.9 Å². The summed E-state index contributed by atoms with van der Waals surface area (Å²) in [4.78, 5) is 28.1. The van der Waals surface area contributed by atoms with Crippen LogP contribution in [0.2, 0.25) is 0 Å². The van der Waals surface area contributed by atoms with Gasteiger partial charge < -0.3 is 15.4 Å². The number of aliphatic imine (C=N–C) groups is 1. The summed E-state index contributed by atoms with van der Waals surface area (Å²) in [5, 5.41) is 0. The van der Waals surface area contributed by atoms with Crippen molar-refractivity contribution < 1.29 is 22.7 Å². The lowest BCUT2D eigenvalue weighted by Gasteiger charge is -2.28. The number of ether oxygens (including phenoxy) is 1. The van der Waals surface area contributed by atoms with E-state index in [0.717, 1.165) is 11.0 Å². The molecule has 0 saturated carbocycles. The molecule has 2 heterocycles. The molecule has 1 amide bonds. The van der Waals surface area contributed by atoms with E-state index in [1.54, 1.807) is 4.90 Å². The summed E-state index contributed by atoms with van der Waals surface area (Å²) >= 11 is 0. The molecule has 160 valence electrons. The number of benzene rings is 1. The summed E-state index contributed by atoms with van der Waals surface area (Å²) in [6, 6.07) is 2.99. The number of aromatic nitrogens is 2. The number of carbonyl (C=O) groups excluding carboxylic acids is 1. The van der Waals surface area contributed by atoms with Crippen molar-refractivity contribution in [2.45, 2.75) is 12.8 Å². The van der Waals surface area contributed by atoms with E-state index in [2.05, 4.69) is 15.0 Å². The highest BCUT2D eigenvalue weighted by molar-refractivity contribution is 5.99. The van der Waals surface area contributed by atoms with Crippen LogP contribution in [-0.4, -0.2) is 60.5 Å². The van der Waals surface area contributed by atoms with Gasteiger partial charge in [0.1, 0.15) is 11.6 Å². The van der Waals surface area contributed by atoms with Crippen molar-refractivity contribution in [1.82, 2.24) is 14.9 Å². The van der Waals surface area contributed by atoms with Crippen LogP contribution in [0.15, 0.2) is 23.2 Å². The van der Waals surface area contributed by atoms with Crippen LogP contribution in [0, 0.1) is 24.4 Å². The van der Waals surface area contributed by atoms with Gasteiger partial charge in [-0.2, -0.15) is 9.37 Å². The Hall–Kier alpha value is -3.37. The van der Waals surface area contributed by atoms with Gasteiger partial charge in [0, 0.05) is 31.8 Å². The number of anilines is 1. The molecule has 8 nitrogen and oxygen atoms in total. The van der Waals surface area contributed by atoms with Crippen LogP contribution in [0.5, 0.6) is 5.88 Å². The van der Waals surface area contributed by atoms with E-state index in [9.17, 15) is 18.0 Å². The lowest BCUT2D eigenvalue weighted by molar-refractivity contribution is -0.127. The fourth-order valence-electron chi connectivity index (χ4n) is 3.12. The van der Waals surface area contributed by atoms with Crippen LogP contribution in [0.25, 0.3) is 0 Å². The predicted molar refractivity (Wildman–Crippen MR) is 104 cm³/mol. The number of nitrogens with zero attached hydrogens (tertiary/aromatic N) is 5. The summed E-state index contributed by atoms with van der Waals surface area (Å²) in [6.45, 7) is 1.79. The summed E-state index contributed by atoms with van der Waals surface area (Å²) in [6.07, 6.45) is 0. The lowest BCUT2D eigenvalue weighted by Crippen LogP contribution is -2.43. The van der Waals surface area contributed by atoms with Gasteiger partial charge in [0.2, 0.25) is 17.7 Å². The number of amides is 1. The third-order valence-corrected chi connectivity index (χ3v) is 4.81. The molecule has 0 unspecified atom stereocenters. The maximum absolute atomic E-state index is 14.5. The minimum Gasteiger partial charge on any atom is -0.479 e. The zero-order chi connectivity index (χ0) is 22.0. The fraction of sp³-hybridized carbons (Fsp3) is 0.368. The number of hydrogen-bond acceptors (Lipinski definition) is 7. The average molecular weight is 422 g/mol. The van der Waals surface area contributed by atoms with Crippen LogP contribution >= 0.6 is 0 Å². The first-order valence-electron chi connectivity index (χ1n) is 9.08. The number of guanidine groups is 1. The van der Waals surface area contributed by atoms with E-state index in [0.29, 0.717) is 6.07 Å². The molecule has 1 atom stereocenters. The molecule has 0 fully saturated rings. The Labute approximate surface area is 171 Å². The highest BCUT2D eigenvalue weighted by Crippen LogP contribution is 2.27. The van der Waals surface area contributed by atoms with Crippen LogP contribution in [0.4, 0.5) is 19.1 Å². The molecule has 2 N–H and O–H groups in total. The number of carbonyl (C=O) groups is 1. The highest BCUT2D eigenvalue weighted by Gasteiger charge is 2.32. The zero-order valence-corrected chi connectivity index (χ0v) is 16.7. The summed E-state index contributed by atoms with van der Waals surface area (Å²) < 4.78 is 47.0. The Kier molecular flexibility index (Phi) is 6.09. The largest absolute Gasteiger partial charge is 0.479 e. The number of methoxy groups -OCH3 is 1. The molecule has 3 rings (SSSR count). The molecule has 2 aromatic rings. The van der Waals surface area contributed by atoms with Crippen LogP contribution < -0.4 is 15.4 Å². The molecule has 0 saturated heterocycles. The first-order chi connectivity index (χ1) is 14.2. The molecule has 30 heavy (non-hydrogen) atoms. The summed E-state index contributed by atoms with van der Waals surface area (Å²) in [5.41, 5.74) is 5.90. The van der Waals surface area contributed by atoms with Crippen molar-refractivity contribution in [2.24, 2.45) is 10.7 Å². The molecule has 1 aromatic heterocycles. The number of hydrogen-bond donors (Lipinski definition) is 1. The Bertz CT molecular complexity index is 1000. The summed E-state index contributed by atoms with van der Waals surface area (Å²) in [7, 11) is 2.69. The highest BCUT2D eigenvalue weighted by atomic mass is 19.1. The second-order valence-corrected chi connectivity index (χ2v) is 6.73. The van der Waals surface area contributed by atoms with E-state index in [4.69, 9.17) is 10.5 Å². The van der Waals surface area contributed by atoms with Crippen molar-refractivity contribution in [3.63, 3.8) is 0 Å². The van der Waals surface area contributed by atoms with Crippen molar-refractivity contribution in [3.8, 4) is 5.88 Å². The van der Waals surface area contributed by atoms with Crippen molar-refractivity contribution >= 4 is 17.8 Å². The Morgan fingerprint density at radius 3 is 2.63 bits per heavy atom.